The third-order valence-electron chi connectivity index (χ3n) is 5.06. The van der Waals surface area contributed by atoms with Gasteiger partial charge in [0.2, 0.25) is 5.91 Å². The minimum Gasteiger partial charge on any atom is -0.490 e. The number of pyridine rings is 1. The predicted molar refractivity (Wildman–Crippen MR) is 116 cm³/mol. The summed E-state index contributed by atoms with van der Waals surface area (Å²) in [5.74, 6) is 0.423. The molecule has 2 heterocycles. The molecule has 1 amide bonds. The number of carbonyl (C=O) groups excluding carboxylic acids is 2. The van der Waals surface area contributed by atoms with Gasteiger partial charge in [-0.05, 0) is 44.9 Å². The summed E-state index contributed by atoms with van der Waals surface area (Å²) in [5.41, 5.74) is 2.02. The highest BCUT2D eigenvalue weighted by Gasteiger charge is 2.28. The number of rotatable bonds is 8. The summed E-state index contributed by atoms with van der Waals surface area (Å²) in [6.45, 7) is 8.43. The van der Waals surface area contributed by atoms with Crippen LogP contribution in [0.3, 0.4) is 0 Å². The summed E-state index contributed by atoms with van der Waals surface area (Å²) in [4.78, 5) is 36.5. The fourth-order valence-electron chi connectivity index (χ4n) is 3.76. The number of fused-ring (bicyclic) bond motifs is 3. The zero-order valence-corrected chi connectivity index (χ0v) is 18.3. The van der Waals surface area contributed by atoms with Gasteiger partial charge in [0, 0.05) is 31.3 Å². The lowest BCUT2D eigenvalue weighted by Gasteiger charge is -2.31. The topological polar surface area (TPSA) is 95.9 Å². The van der Waals surface area contributed by atoms with Crippen LogP contribution >= 0.6 is 0 Å². The first-order chi connectivity index (χ1) is 14.9. The van der Waals surface area contributed by atoms with E-state index in [1.54, 1.807) is 6.92 Å². The monoisotopic (exact) mass is 428 g/mol. The van der Waals surface area contributed by atoms with Crippen LogP contribution < -0.4 is 20.2 Å². The summed E-state index contributed by atoms with van der Waals surface area (Å²) >= 11 is 0. The molecule has 1 atom stereocenters. The Morgan fingerprint density at radius 1 is 1.06 bits per heavy atom. The van der Waals surface area contributed by atoms with Gasteiger partial charge >= 0.3 is 5.97 Å². The van der Waals surface area contributed by atoms with E-state index in [0.29, 0.717) is 43.4 Å². The molecule has 1 unspecified atom stereocenters. The Bertz CT molecular complexity index is 1040. The second kappa shape index (κ2) is 9.68. The quantitative estimate of drug-likeness (QED) is 0.650. The van der Waals surface area contributed by atoms with E-state index in [4.69, 9.17) is 14.2 Å². The lowest BCUT2D eigenvalue weighted by atomic mass is 9.91. The maximum atomic E-state index is 12.7. The van der Waals surface area contributed by atoms with Crippen LogP contribution in [0.4, 0.5) is 0 Å². The molecule has 0 saturated carbocycles. The van der Waals surface area contributed by atoms with Crippen LogP contribution in [0.15, 0.2) is 29.2 Å². The Hall–Kier alpha value is -3.29. The molecule has 3 rings (SSSR count). The van der Waals surface area contributed by atoms with Gasteiger partial charge in [0.25, 0.3) is 0 Å². The minimum atomic E-state index is -0.659. The van der Waals surface area contributed by atoms with Gasteiger partial charge in [-0.2, -0.15) is 0 Å². The van der Waals surface area contributed by atoms with E-state index >= 15 is 0 Å². The molecule has 0 aliphatic carbocycles. The first-order valence-electron chi connectivity index (χ1n) is 10.5. The van der Waals surface area contributed by atoms with E-state index < -0.39 is 11.4 Å². The summed E-state index contributed by atoms with van der Waals surface area (Å²) in [5, 5.41) is 2.84. The van der Waals surface area contributed by atoms with Gasteiger partial charge in [0.05, 0.1) is 31.6 Å². The highest BCUT2D eigenvalue weighted by Crippen LogP contribution is 2.41. The molecule has 1 aliphatic heterocycles. The molecule has 31 heavy (non-hydrogen) atoms. The molecular weight excluding hydrogens is 400 g/mol. The van der Waals surface area contributed by atoms with Crippen molar-refractivity contribution in [2.24, 2.45) is 0 Å². The van der Waals surface area contributed by atoms with E-state index in [1.165, 1.54) is 19.2 Å². The second-order valence-electron chi connectivity index (χ2n) is 7.18. The van der Waals surface area contributed by atoms with Crippen LogP contribution in [-0.2, 0) is 16.0 Å². The summed E-state index contributed by atoms with van der Waals surface area (Å²) < 4.78 is 18.4. The lowest BCUT2D eigenvalue weighted by Crippen LogP contribution is -2.34. The van der Waals surface area contributed by atoms with Gasteiger partial charge in [0.15, 0.2) is 16.9 Å². The van der Waals surface area contributed by atoms with Gasteiger partial charge in [-0.1, -0.05) is 0 Å². The number of nitrogens with one attached hydrogen (secondary N) is 1. The number of amides is 1. The molecule has 1 aliphatic rings. The number of nitrogens with zero attached hydrogens (tertiary/aromatic N) is 1. The third-order valence-corrected chi connectivity index (χ3v) is 5.06. The maximum Gasteiger partial charge on any atom is 0.343 e. The van der Waals surface area contributed by atoms with E-state index in [-0.39, 0.29) is 24.1 Å². The van der Waals surface area contributed by atoms with Crippen LogP contribution in [-0.4, -0.2) is 42.8 Å². The standard InChI is InChI=1S/C23H28N2O6/c1-5-29-21-9-15-8-16(12-24-14(4)26)25-13-18(23(28)31-7-3)20(27)11-19(25)17(15)10-22(21)30-6-2/h9-11,13,16H,5-8,12H2,1-4H3,(H,24,26). The summed E-state index contributed by atoms with van der Waals surface area (Å²) in [6.07, 6.45) is 2.11. The Morgan fingerprint density at radius 3 is 2.35 bits per heavy atom. The van der Waals surface area contributed by atoms with Crippen molar-refractivity contribution in [1.82, 2.24) is 9.88 Å². The number of hydrogen-bond donors (Lipinski definition) is 1. The van der Waals surface area contributed by atoms with Crippen LogP contribution in [0.25, 0.3) is 11.3 Å². The first-order valence-corrected chi connectivity index (χ1v) is 10.5. The summed E-state index contributed by atoms with van der Waals surface area (Å²) in [7, 11) is 0. The van der Waals surface area contributed by atoms with Gasteiger partial charge in [-0.3, -0.25) is 9.59 Å². The van der Waals surface area contributed by atoms with Crippen molar-refractivity contribution >= 4 is 11.9 Å². The number of esters is 1. The molecule has 166 valence electrons. The average molecular weight is 428 g/mol. The van der Waals surface area contributed by atoms with Crippen molar-refractivity contribution in [3.63, 3.8) is 0 Å². The van der Waals surface area contributed by atoms with Crippen LogP contribution in [0.5, 0.6) is 11.5 Å². The fraction of sp³-hybridized carbons (Fsp3) is 0.435. The average Bonchev–Trinajstić information content (AvgIpc) is 2.72. The van der Waals surface area contributed by atoms with Gasteiger partial charge in [-0.15, -0.1) is 0 Å². The van der Waals surface area contributed by atoms with Gasteiger partial charge in [-0.25, -0.2) is 4.79 Å². The minimum absolute atomic E-state index is 0.0298. The Morgan fingerprint density at radius 2 is 1.74 bits per heavy atom. The van der Waals surface area contributed by atoms with Crippen molar-refractivity contribution in [2.75, 3.05) is 26.4 Å². The van der Waals surface area contributed by atoms with Gasteiger partial charge in [0.1, 0.15) is 5.56 Å². The molecule has 1 aromatic carbocycles. The van der Waals surface area contributed by atoms with Crippen LogP contribution in [0, 0.1) is 0 Å². The number of ether oxygens (including phenoxy) is 3. The molecule has 8 heteroatoms. The van der Waals surface area contributed by atoms with Crippen molar-refractivity contribution < 1.29 is 23.8 Å². The molecule has 0 fully saturated rings. The Labute approximate surface area is 181 Å². The van der Waals surface area contributed by atoms with E-state index in [9.17, 15) is 14.4 Å². The van der Waals surface area contributed by atoms with E-state index in [2.05, 4.69) is 5.32 Å². The molecule has 1 N–H and O–H groups in total. The van der Waals surface area contributed by atoms with Crippen LogP contribution in [0.2, 0.25) is 0 Å². The number of benzene rings is 1. The molecule has 2 aromatic rings. The Kier molecular flexibility index (Phi) is 6.99. The summed E-state index contributed by atoms with van der Waals surface area (Å²) in [6, 6.07) is 5.06. The van der Waals surface area contributed by atoms with E-state index in [1.807, 2.05) is 30.5 Å². The lowest BCUT2D eigenvalue weighted by molar-refractivity contribution is -0.119. The number of aromatic nitrogens is 1. The van der Waals surface area contributed by atoms with Crippen molar-refractivity contribution in [3.05, 3.63) is 45.7 Å². The predicted octanol–water partition coefficient (Wildman–Crippen LogP) is 2.72. The van der Waals surface area contributed by atoms with Crippen LogP contribution in [0.1, 0.15) is 49.7 Å². The van der Waals surface area contributed by atoms with Crippen molar-refractivity contribution in [2.45, 2.75) is 40.2 Å². The zero-order valence-electron chi connectivity index (χ0n) is 18.3. The molecule has 8 nitrogen and oxygen atoms in total. The molecule has 0 radical (unpaired) electrons. The molecule has 0 spiro atoms. The SMILES string of the molecule is CCOC(=O)c1cn2c(cc1=O)-c1cc(OCC)c(OCC)cc1CC2CNC(C)=O. The Balaban J connectivity index is 2.17. The third kappa shape index (κ3) is 4.73. The van der Waals surface area contributed by atoms with E-state index in [0.717, 1.165) is 11.1 Å². The molecular formula is C23H28N2O6. The largest absolute Gasteiger partial charge is 0.490 e. The molecule has 0 bridgehead atoms. The maximum absolute atomic E-state index is 12.7. The highest BCUT2D eigenvalue weighted by atomic mass is 16.5. The second-order valence-corrected chi connectivity index (χ2v) is 7.18. The molecule has 1 aromatic heterocycles. The number of carbonyl (C=O) groups is 2. The highest BCUT2D eigenvalue weighted by molar-refractivity contribution is 5.89. The molecule has 0 saturated heterocycles. The van der Waals surface area contributed by atoms with Crippen molar-refractivity contribution in [3.8, 4) is 22.8 Å². The first kappa shape index (κ1) is 22.4. The number of hydrogen-bond acceptors (Lipinski definition) is 6. The zero-order chi connectivity index (χ0) is 22.5. The fourth-order valence-corrected chi connectivity index (χ4v) is 3.76. The van der Waals surface area contributed by atoms with Gasteiger partial charge < -0.3 is 24.1 Å². The normalized spacial score (nSPS) is 14.3. The van der Waals surface area contributed by atoms with Crippen molar-refractivity contribution in [1.29, 1.82) is 0 Å². The smallest absolute Gasteiger partial charge is 0.343 e.